The maximum Gasteiger partial charge on any atom is 0.326 e. The third-order valence-electron chi connectivity index (χ3n) is 8.90. The molecule has 0 saturated carbocycles. The van der Waals surface area contributed by atoms with E-state index in [-0.39, 0.29) is 56.5 Å². The first-order valence-electron chi connectivity index (χ1n) is 21.0. The molecule has 0 N–H and O–H groups in total. The zero-order chi connectivity index (χ0) is 44.9. The monoisotopic (exact) mass is 838 g/mol. The third kappa shape index (κ3) is 20.3. The Morgan fingerprint density at radius 3 is 1.07 bits per heavy atom. The van der Waals surface area contributed by atoms with E-state index in [0.29, 0.717) is 58.0 Å². The van der Waals surface area contributed by atoms with Gasteiger partial charge in [0.05, 0.1) is 26.2 Å². The minimum absolute atomic E-state index is 0.00261. The van der Waals surface area contributed by atoms with E-state index in [0.717, 1.165) is 11.1 Å². The van der Waals surface area contributed by atoms with Gasteiger partial charge in [-0.3, -0.25) is 43.6 Å². The molecule has 1 fully saturated rings. The summed E-state index contributed by atoms with van der Waals surface area (Å²) < 4.78 is 22.7. The number of amides is 1. The van der Waals surface area contributed by atoms with E-state index in [4.69, 9.17) is 18.9 Å². The number of carbonyl (C=O) groups excluding carboxylic acids is 5. The van der Waals surface area contributed by atoms with Crippen LogP contribution in [0.4, 0.5) is 5.69 Å². The first-order valence-corrected chi connectivity index (χ1v) is 21.0. The summed E-state index contributed by atoms with van der Waals surface area (Å²) in [4.78, 5) is 76.4. The zero-order valence-electron chi connectivity index (χ0n) is 38.3. The lowest BCUT2D eigenvalue weighted by Gasteiger charge is -2.35. The maximum atomic E-state index is 14.5. The molecule has 1 aliphatic rings. The van der Waals surface area contributed by atoms with Crippen molar-refractivity contribution >= 4 is 35.5 Å². The highest BCUT2D eigenvalue weighted by Gasteiger charge is 2.29. The summed E-state index contributed by atoms with van der Waals surface area (Å²) in [5.74, 6) is -2.01. The lowest BCUT2D eigenvalue weighted by molar-refractivity contribution is -0.158. The summed E-state index contributed by atoms with van der Waals surface area (Å²) in [5, 5.41) is 0. The average Bonchev–Trinajstić information content (AvgIpc) is 3.09. The van der Waals surface area contributed by atoms with Crippen LogP contribution in [0, 0.1) is 0 Å². The Morgan fingerprint density at radius 1 is 0.433 bits per heavy atom. The number of ether oxygens (including phenoxy) is 4. The van der Waals surface area contributed by atoms with Gasteiger partial charge < -0.3 is 23.8 Å². The molecule has 0 spiro atoms. The predicted molar refractivity (Wildman–Crippen MR) is 233 cm³/mol. The van der Waals surface area contributed by atoms with Crippen LogP contribution in [0.2, 0.25) is 0 Å². The molecule has 0 radical (unpaired) electrons. The van der Waals surface area contributed by atoms with Crippen molar-refractivity contribution in [3.05, 3.63) is 54.6 Å². The Hall–Kier alpha value is -4.37. The topological polar surface area (TPSA) is 138 Å². The van der Waals surface area contributed by atoms with Crippen LogP contribution in [-0.4, -0.2) is 157 Å². The first kappa shape index (κ1) is 50.0. The molecule has 0 unspecified atom stereocenters. The molecule has 2 aromatic carbocycles. The standard InChI is InChI=1S/C46H71N5O9/c1-43(2,3)57-39(53)31-48-24-22-47(23-25-49(32-40(54)58-44(4,5)6)27-29-50(28-26-48)33-41(55)59-45(7,8)9)30-38(52)51(34-42(56)60-46(10,11)12)37-20-18-36(19-21-37)35-16-14-13-15-17-35/h13-21H,22-34H2,1-12H3. The van der Waals surface area contributed by atoms with Gasteiger partial charge in [-0.25, -0.2) is 0 Å². The third-order valence-corrected chi connectivity index (χ3v) is 8.90. The molecule has 0 aromatic heterocycles. The van der Waals surface area contributed by atoms with Gasteiger partial charge in [-0.05, 0) is 106 Å². The van der Waals surface area contributed by atoms with Gasteiger partial charge >= 0.3 is 23.9 Å². The smallest absolute Gasteiger partial charge is 0.326 e. The van der Waals surface area contributed by atoms with E-state index < -0.39 is 28.4 Å². The predicted octanol–water partition coefficient (Wildman–Crippen LogP) is 5.28. The molecule has 334 valence electrons. The van der Waals surface area contributed by atoms with Crippen LogP contribution in [0.3, 0.4) is 0 Å². The molecule has 60 heavy (non-hydrogen) atoms. The van der Waals surface area contributed by atoms with Crippen molar-refractivity contribution in [1.82, 2.24) is 19.6 Å². The quantitative estimate of drug-likeness (QED) is 0.203. The summed E-state index contributed by atoms with van der Waals surface area (Å²) in [5.41, 5.74) is -0.247. The molecular formula is C46H71N5O9. The number of carbonyl (C=O) groups is 5. The van der Waals surface area contributed by atoms with E-state index in [1.807, 2.05) is 137 Å². The molecule has 0 aliphatic carbocycles. The lowest BCUT2D eigenvalue weighted by Crippen LogP contribution is -2.51. The molecule has 3 rings (SSSR count). The highest BCUT2D eigenvalue weighted by molar-refractivity contribution is 5.99. The van der Waals surface area contributed by atoms with Gasteiger partial charge in [0.2, 0.25) is 5.91 Å². The molecule has 2 aromatic rings. The van der Waals surface area contributed by atoms with Crippen LogP contribution in [-0.2, 0) is 42.9 Å². The number of anilines is 1. The van der Waals surface area contributed by atoms with Crippen molar-refractivity contribution in [3.8, 4) is 11.1 Å². The van der Waals surface area contributed by atoms with E-state index in [9.17, 15) is 24.0 Å². The average molecular weight is 838 g/mol. The minimum Gasteiger partial charge on any atom is -0.459 e. The molecule has 1 amide bonds. The first-order chi connectivity index (χ1) is 27.7. The second-order valence-corrected chi connectivity index (χ2v) is 19.3. The normalized spacial score (nSPS) is 16.2. The van der Waals surface area contributed by atoms with Crippen LogP contribution in [0.15, 0.2) is 54.6 Å². The molecule has 1 saturated heterocycles. The molecule has 0 atom stereocenters. The number of esters is 4. The fourth-order valence-electron chi connectivity index (χ4n) is 6.45. The SMILES string of the molecule is CC(C)(C)OC(=O)CN1CCN(CC(=O)OC(C)(C)C)CCN(CC(=O)N(CC(=O)OC(C)(C)C)c2ccc(-c3ccccc3)cc2)CCN(CC(=O)OC(C)(C)C)CC1. The van der Waals surface area contributed by atoms with Crippen LogP contribution >= 0.6 is 0 Å². The fraction of sp³-hybridized carbons (Fsp3) is 0.630. The summed E-state index contributed by atoms with van der Waals surface area (Å²) in [6.45, 7) is 24.6. The molecule has 0 bridgehead atoms. The van der Waals surface area contributed by atoms with Gasteiger partial charge in [0.1, 0.15) is 28.9 Å². The maximum absolute atomic E-state index is 14.5. The zero-order valence-corrected chi connectivity index (χ0v) is 38.3. The largest absolute Gasteiger partial charge is 0.459 e. The summed E-state index contributed by atoms with van der Waals surface area (Å²) in [6.07, 6.45) is 0. The second-order valence-electron chi connectivity index (χ2n) is 19.3. The number of benzene rings is 2. The minimum atomic E-state index is -0.752. The van der Waals surface area contributed by atoms with Crippen molar-refractivity contribution in [2.24, 2.45) is 0 Å². The second kappa shape index (κ2) is 21.9. The fourth-order valence-corrected chi connectivity index (χ4v) is 6.45. The van der Waals surface area contributed by atoms with E-state index in [1.54, 1.807) is 20.8 Å². The summed E-state index contributed by atoms with van der Waals surface area (Å²) >= 11 is 0. The van der Waals surface area contributed by atoms with Crippen molar-refractivity contribution in [1.29, 1.82) is 0 Å². The number of hydrogen-bond donors (Lipinski definition) is 0. The Balaban J connectivity index is 1.96. The molecule has 1 heterocycles. The Bertz CT molecular complexity index is 1660. The molecular weight excluding hydrogens is 767 g/mol. The summed E-state index contributed by atoms with van der Waals surface area (Å²) in [6, 6.07) is 17.4. The van der Waals surface area contributed by atoms with Crippen LogP contribution < -0.4 is 4.90 Å². The van der Waals surface area contributed by atoms with E-state index in [2.05, 4.69) is 0 Å². The van der Waals surface area contributed by atoms with Crippen molar-refractivity contribution in [3.63, 3.8) is 0 Å². The van der Waals surface area contributed by atoms with E-state index >= 15 is 0 Å². The van der Waals surface area contributed by atoms with Gasteiger partial charge in [-0.1, -0.05) is 42.5 Å². The van der Waals surface area contributed by atoms with Crippen LogP contribution in [0.25, 0.3) is 11.1 Å². The van der Waals surface area contributed by atoms with E-state index in [1.165, 1.54) is 4.90 Å². The van der Waals surface area contributed by atoms with Gasteiger partial charge in [-0.2, -0.15) is 0 Å². The van der Waals surface area contributed by atoms with Crippen molar-refractivity contribution in [2.75, 3.05) is 90.0 Å². The molecule has 1 aliphatic heterocycles. The Kier molecular flexibility index (Phi) is 18.3. The highest BCUT2D eigenvalue weighted by atomic mass is 16.6. The number of hydrogen-bond acceptors (Lipinski definition) is 13. The van der Waals surface area contributed by atoms with Gasteiger partial charge in [0, 0.05) is 58.0 Å². The van der Waals surface area contributed by atoms with Gasteiger partial charge in [-0.15, -0.1) is 0 Å². The van der Waals surface area contributed by atoms with Crippen LogP contribution in [0.5, 0.6) is 0 Å². The molecule has 14 nitrogen and oxygen atoms in total. The molecule has 14 heteroatoms. The van der Waals surface area contributed by atoms with Crippen LogP contribution in [0.1, 0.15) is 83.1 Å². The number of nitrogens with zero attached hydrogens (tertiary/aromatic N) is 5. The van der Waals surface area contributed by atoms with Crippen molar-refractivity contribution < 1.29 is 42.9 Å². The summed E-state index contributed by atoms with van der Waals surface area (Å²) in [7, 11) is 0. The van der Waals surface area contributed by atoms with Gasteiger partial charge in [0.25, 0.3) is 0 Å². The lowest BCUT2D eigenvalue weighted by atomic mass is 10.1. The van der Waals surface area contributed by atoms with Crippen molar-refractivity contribution in [2.45, 2.75) is 105 Å². The highest BCUT2D eigenvalue weighted by Crippen LogP contribution is 2.24. The number of rotatable bonds is 12. The Labute approximate surface area is 358 Å². The van der Waals surface area contributed by atoms with Gasteiger partial charge in [0.15, 0.2) is 0 Å². The Morgan fingerprint density at radius 2 is 0.733 bits per heavy atom.